The second-order valence-corrected chi connectivity index (χ2v) is 21.4. The molecule has 0 bridgehead atoms. The highest BCUT2D eigenvalue weighted by Gasteiger charge is 2.47. The zero-order valence-electron chi connectivity index (χ0n) is 34.4. The number of carbonyl (C=O) groups is 6. The molecule has 0 aliphatic heterocycles. The molecule has 8 aromatic carbocycles. The van der Waals surface area contributed by atoms with Gasteiger partial charge in [-0.15, -0.1) is 0 Å². The molecule has 0 fully saturated rings. The van der Waals surface area contributed by atoms with Crippen LogP contribution in [-0.2, 0) is 19.2 Å². The minimum atomic E-state index is -3.85. The molecule has 0 aliphatic rings. The van der Waals surface area contributed by atoms with Crippen molar-refractivity contribution in [1.82, 2.24) is 0 Å². The summed E-state index contributed by atoms with van der Waals surface area (Å²) < 4.78 is 0. The first-order chi connectivity index (χ1) is 31.3. The van der Waals surface area contributed by atoms with Crippen molar-refractivity contribution in [1.29, 1.82) is 0 Å². The lowest BCUT2D eigenvalue weighted by Crippen LogP contribution is -2.48. The molecule has 8 rings (SSSR count). The molecule has 6 nitrogen and oxygen atoms in total. The van der Waals surface area contributed by atoms with E-state index in [1.54, 1.807) is 218 Å². The van der Waals surface area contributed by atoms with Crippen molar-refractivity contribution >= 4 is 90.9 Å². The molecule has 0 unspecified atom stereocenters. The van der Waals surface area contributed by atoms with Crippen LogP contribution in [0.5, 0.6) is 0 Å². The predicted molar refractivity (Wildman–Crippen MR) is 262 cm³/mol. The highest BCUT2D eigenvalue weighted by Crippen LogP contribution is 2.49. The molecule has 0 aromatic heterocycles. The van der Waals surface area contributed by atoms with Gasteiger partial charge in [0.2, 0.25) is 34.7 Å². The smallest absolute Gasteiger partial charge is 0.238 e. The molecule has 0 amide bonds. The zero-order chi connectivity index (χ0) is 44.5. The number of ketones is 6. The lowest BCUT2D eigenvalue weighted by atomic mass is 9.98. The highest BCUT2D eigenvalue weighted by atomic mass is 31.2. The topological polar surface area (TPSA) is 102 Å². The summed E-state index contributed by atoms with van der Waals surface area (Å²) in [6.07, 6.45) is 0. The molecule has 0 saturated heterocycles. The molecule has 8 aromatic rings. The van der Waals surface area contributed by atoms with Gasteiger partial charge in [-0.1, -0.05) is 243 Å². The largest absolute Gasteiger partial charge is 0.285 e. The molecule has 0 N–H and O–H groups in total. The quantitative estimate of drug-likeness (QED) is 0.0462. The normalized spacial score (nSPS) is 11.2. The molecule has 0 aliphatic carbocycles. The Kier molecular flexibility index (Phi) is 12.9. The maximum Gasteiger partial charge on any atom is 0.238 e. The van der Waals surface area contributed by atoms with Crippen molar-refractivity contribution in [3.05, 3.63) is 254 Å². The molecule has 0 heterocycles. The Balaban J connectivity index is 1.61. The van der Waals surface area contributed by atoms with Gasteiger partial charge >= 0.3 is 0 Å². The van der Waals surface area contributed by atoms with Crippen molar-refractivity contribution in [2.45, 2.75) is 0 Å². The van der Waals surface area contributed by atoms with Crippen LogP contribution in [0.25, 0.3) is 0 Å². The highest BCUT2D eigenvalue weighted by molar-refractivity contribution is 7.99. The average molecular weight is 871 g/mol. The Morgan fingerprint density at radius 3 is 0.578 bits per heavy atom. The fourth-order valence-electron chi connectivity index (χ4n) is 8.27. The van der Waals surface area contributed by atoms with Crippen LogP contribution in [0.3, 0.4) is 0 Å². The summed E-state index contributed by atoms with van der Waals surface area (Å²) in [6.45, 7) is -7.69. The van der Waals surface area contributed by atoms with E-state index in [4.69, 9.17) is 0 Å². The maximum absolute atomic E-state index is 16.4. The van der Waals surface area contributed by atoms with Crippen LogP contribution in [0, 0.1) is 0 Å². The zero-order valence-corrected chi connectivity index (χ0v) is 36.2. The fourth-order valence-corrected chi connectivity index (χ4v) is 16.9. The van der Waals surface area contributed by atoms with Crippen molar-refractivity contribution in [2.24, 2.45) is 0 Å². The van der Waals surface area contributed by atoms with Crippen LogP contribution in [0.15, 0.2) is 243 Å². The van der Waals surface area contributed by atoms with E-state index in [9.17, 15) is 9.59 Å². The Morgan fingerprint density at radius 2 is 0.391 bits per heavy atom. The molecule has 310 valence electrons. The van der Waals surface area contributed by atoms with Gasteiger partial charge in [-0.2, -0.15) is 0 Å². The number of benzene rings is 8. The number of rotatable bonds is 15. The Hall–Kier alpha value is -7.62. The molecule has 8 heteroatoms. The minimum Gasteiger partial charge on any atom is -0.285 e. The van der Waals surface area contributed by atoms with Gasteiger partial charge in [-0.3, -0.25) is 28.8 Å². The summed E-state index contributed by atoms with van der Waals surface area (Å²) in [5.41, 5.74) is 0.0218. The minimum absolute atomic E-state index is 0.0109. The van der Waals surface area contributed by atoms with E-state index < -0.39 is 59.1 Å². The lowest BCUT2D eigenvalue weighted by Gasteiger charge is -2.33. The van der Waals surface area contributed by atoms with Gasteiger partial charge in [-0.05, 0) is 45.6 Å². The van der Waals surface area contributed by atoms with E-state index >= 15 is 19.2 Å². The molecule has 0 saturated carbocycles. The fraction of sp³-hybridized carbons (Fsp3) is 0. The van der Waals surface area contributed by atoms with E-state index in [1.165, 1.54) is 24.3 Å². The van der Waals surface area contributed by atoms with E-state index in [0.29, 0.717) is 31.8 Å². The molecule has 64 heavy (non-hydrogen) atoms. The molecule has 0 spiro atoms. The van der Waals surface area contributed by atoms with Crippen LogP contribution in [0.2, 0.25) is 0 Å². The van der Waals surface area contributed by atoms with Crippen molar-refractivity contribution in [3.8, 4) is 0 Å². The van der Waals surface area contributed by atoms with Gasteiger partial charge in [0.15, 0.2) is 0 Å². The molecule has 0 atom stereocenters. The van der Waals surface area contributed by atoms with Crippen LogP contribution >= 0.6 is 13.8 Å². The Morgan fingerprint density at radius 1 is 0.219 bits per heavy atom. The third kappa shape index (κ3) is 7.86. The SMILES string of the molecule is O=C(C(=O)C(C(=O)C(=O)c1ccccc1)=P(c1ccccc1)(c1ccccc1)c1ccccc1)C(C(=O)C(=O)c1ccccc1)=P(c1ccccc1)(c1ccccc1)c1ccccc1. The molecular weight excluding hydrogens is 831 g/mol. The second kappa shape index (κ2) is 19.2. The van der Waals surface area contributed by atoms with E-state index in [0.717, 1.165) is 0 Å². The molecule has 0 radical (unpaired) electrons. The van der Waals surface area contributed by atoms with Crippen LogP contribution < -0.4 is 31.8 Å². The van der Waals surface area contributed by atoms with Crippen molar-refractivity contribution in [3.63, 3.8) is 0 Å². The summed E-state index contributed by atoms with van der Waals surface area (Å²) >= 11 is 0. The Bertz CT molecular complexity index is 2700. The summed E-state index contributed by atoms with van der Waals surface area (Å²) in [6, 6.07) is 69.4. The lowest BCUT2D eigenvalue weighted by molar-refractivity contribution is -0.129. The number of Topliss-reactive ketones (excluding diaryl/α,β-unsaturated/α-hetero) is 6. The third-order valence-electron chi connectivity index (χ3n) is 11.1. The summed E-state index contributed by atoms with van der Waals surface area (Å²) in [4.78, 5) is 93.8. The second-order valence-electron chi connectivity index (χ2n) is 14.8. The maximum atomic E-state index is 16.4. The van der Waals surface area contributed by atoms with Crippen molar-refractivity contribution in [2.75, 3.05) is 0 Å². The van der Waals surface area contributed by atoms with E-state index in [2.05, 4.69) is 0 Å². The van der Waals surface area contributed by atoms with Crippen LogP contribution in [0.1, 0.15) is 20.7 Å². The monoisotopic (exact) mass is 870 g/mol. The summed E-state index contributed by atoms with van der Waals surface area (Å²) in [5.74, 6) is -7.11. The van der Waals surface area contributed by atoms with Crippen molar-refractivity contribution < 1.29 is 28.8 Å². The third-order valence-corrected chi connectivity index (χ3v) is 19.7. The van der Waals surface area contributed by atoms with Crippen LogP contribution in [-0.4, -0.2) is 45.3 Å². The molecular formula is C56H40O6P2. The first kappa shape index (κ1) is 43.0. The number of carbonyl (C=O) groups excluding carboxylic acids is 6. The van der Waals surface area contributed by atoms with Crippen LogP contribution in [0.4, 0.5) is 0 Å². The van der Waals surface area contributed by atoms with Gasteiger partial charge in [0.25, 0.3) is 0 Å². The van der Waals surface area contributed by atoms with Gasteiger partial charge < -0.3 is 0 Å². The average Bonchev–Trinajstić information content (AvgIpc) is 3.38. The van der Waals surface area contributed by atoms with Gasteiger partial charge in [-0.25, -0.2) is 0 Å². The first-order valence-corrected chi connectivity index (χ1v) is 24.1. The standard InChI is InChI=1S/C56H40O6P2/c57-49(41-25-9-1-10-26-41)51(59)55(63(43-29-13-3-14-30-43,44-31-15-4-16-32-44)45-33-17-5-18-34-45)53(61)54(62)56(52(60)50(58)42-27-11-2-12-28-42)64(46-35-19-6-20-36-46,47-37-21-7-22-38-47)48-39-23-8-24-40-48/h1-40H. The van der Waals surface area contributed by atoms with E-state index in [1.807, 2.05) is 0 Å². The number of hydrogen-bond donors (Lipinski definition) is 0. The predicted octanol–water partition coefficient (Wildman–Crippen LogP) is 7.36. The van der Waals surface area contributed by atoms with E-state index in [-0.39, 0.29) is 11.1 Å². The van der Waals surface area contributed by atoms with Gasteiger partial charge in [0.05, 0.1) is 10.6 Å². The van der Waals surface area contributed by atoms with Gasteiger partial charge in [0, 0.05) is 11.1 Å². The number of hydrogen-bond acceptors (Lipinski definition) is 6. The Labute approximate surface area is 371 Å². The summed E-state index contributed by atoms with van der Waals surface area (Å²) in [5, 5.41) is 1.92. The first-order valence-electron chi connectivity index (χ1n) is 20.5. The van der Waals surface area contributed by atoms with Gasteiger partial charge in [0.1, 0.15) is 0 Å². The summed E-state index contributed by atoms with van der Waals surface area (Å²) in [7, 11) is 0.